The maximum atomic E-state index is 15.1. The van der Waals surface area contributed by atoms with Gasteiger partial charge in [-0.3, -0.25) is 0 Å². The largest absolute Gasteiger partial charge is 0.738 e. The second-order valence-corrected chi connectivity index (χ2v) is 7.37. The Morgan fingerprint density at radius 2 is 1.80 bits per heavy atom. The van der Waals surface area contributed by atoms with E-state index in [1.807, 2.05) is 31.2 Å². The second-order valence-electron chi connectivity index (χ2n) is 5.74. The molecule has 0 amide bonds. The van der Waals surface area contributed by atoms with Crippen LogP contribution in [0.15, 0.2) is 58.9 Å². The highest BCUT2D eigenvalue weighted by molar-refractivity contribution is 9.18. The average molecular weight is 470 g/mol. The molecule has 128 valence electrons. The van der Waals surface area contributed by atoms with E-state index >= 15 is 8.63 Å². The molecule has 0 spiro atoms. The summed E-state index contributed by atoms with van der Waals surface area (Å²) in [5.74, 6) is 0.755. The Bertz CT molecular complexity index is 962. The first-order valence-corrected chi connectivity index (χ1v) is 9.40. The van der Waals surface area contributed by atoms with Crippen LogP contribution >= 0.6 is 31.9 Å². The number of fused-ring (bicyclic) bond motifs is 2. The molecule has 25 heavy (non-hydrogen) atoms. The average Bonchev–Trinajstić information content (AvgIpc) is 3.14. The molecule has 0 N–H and O–H groups in total. The molecule has 0 saturated heterocycles. The summed E-state index contributed by atoms with van der Waals surface area (Å²) in [4.78, 5) is 0. The fourth-order valence-electron chi connectivity index (χ4n) is 3.31. The maximum absolute atomic E-state index is 15.1. The fraction of sp³-hybridized carbons (Fsp3) is 0.118. The minimum Gasteiger partial charge on any atom is -0.494 e. The van der Waals surface area contributed by atoms with Crippen LogP contribution in [0.5, 0.6) is 5.75 Å². The number of rotatable bonds is 3. The van der Waals surface area contributed by atoms with Gasteiger partial charge in [0.15, 0.2) is 5.70 Å². The van der Waals surface area contributed by atoms with Gasteiger partial charge in [-0.25, -0.2) is 0 Å². The molecule has 2 aromatic rings. The molecule has 1 aromatic carbocycles. The number of benzene rings is 1. The van der Waals surface area contributed by atoms with Crippen molar-refractivity contribution in [2.24, 2.45) is 0 Å². The molecule has 0 aliphatic carbocycles. The summed E-state index contributed by atoms with van der Waals surface area (Å²) in [5, 5.41) is 0. The molecule has 3 nitrogen and oxygen atoms in total. The first kappa shape index (κ1) is 16.8. The molecule has 1 aromatic heterocycles. The Kier molecular flexibility index (Phi) is 3.99. The van der Waals surface area contributed by atoms with Crippen molar-refractivity contribution in [3.05, 3.63) is 70.1 Å². The number of hydrogen-bond donors (Lipinski definition) is 0. The number of halogens is 4. The van der Waals surface area contributed by atoms with Gasteiger partial charge in [0.25, 0.3) is 0 Å². The monoisotopic (exact) mass is 468 g/mol. The standard InChI is InChI=1S/C17H13BBr2F2N2O/c1-2-25-12-5-3-11(4-6-12)17-13-7-9-15(19)23(13)18(21,22)24-14(17)8-10-16(24)20/h3-10H,2H2,1H3. The zero-order valence-electron chi connectivity index (χ0n) is 13.2. The van der Waals surface area contributed by atoms with E-state index in [4.69, 9.17) is 4.74 Å². The van der Waals surface area contributed by atoms with Gasteiger partial charge in [-0.15, -0.1) is 0 Å². The third kappa shape index (κ3) is 2.46. The molecule has 4 rings (SSSR count). The number of ether oxygens (including phenoxy) is 1. The molecule has 3 heterocycles. The quantitative estimate of drug-likeness (QED) is 0.577. The summed E-state index contributed by atoms with van der Waals surface area (Å²) in [7, 11) is 0. The van der Waals surface area contributed by atoms with Gasteiger partial charge in [-0.2, -0.15) is 0 Å². The van der Waals surface area contributed by atoms with E-state index in [1.165, 1.54) is 0 Å². The molecule has 2 aliphatic rings. The Labute approximate surface area is 160 Å². The van der Waals surface area contributed by atoms with Gasteiger partial charge in [0.05, 0.1) is 16.8 Å². The predicted octanol–water partition coefficient (Wildman–Crippen LogP) is 5.02. The first-order valence-electron chi connectivity index (χ1n) is 7.82. The Morgan fingerprint density at radius 1 is 1.08 bits per heavy atom. The van der Waals surface area contributed by atoms with E-state index in [1.54, 1.807) is 24.3 Å². The zero-order chi connectivity index (χ0) is 17.8. The third-order valence-electron chi connectivity index (χ3n) is 4.32. The number of nitrogens with zero attached hydrogens (tertiary/aromatic N) is 2. The highest BCUT2D eigenvalue weighted by Gasteiger charge is 2.54. The number of aromatic nitrogens is 1. The van der Waals surface area contributed by atoms with Crippen molar-refractivity contribution in [3.63, 3.8) is 0 Å². The van der Waals surface area contributed by atoms with E-state index < -0.39 is 6.97 Å². The zero-order valence-corrected chi connectivity index (χ0v) is 16.4. The Balaban J connectivity index is 1.97. The van der Waals surface area contributed by atoms with E-state index in [9.17, 15) is 0 Å². The highest BCUT2D eigenvalue weighted by atomic mass is 79.9. The molecule has 0 bridgehead atoms. The lowest BCUT2D eigenvalue weighted by Gasteiger charge is -2.32. The van der Waals surface area contributed by atoms with Gasteiger partial charge < -0.3 is 22.3 Å². The summed E-state index contributed by atoms with van der Waals surface area (Å²) < 4.78 is 38.5. The summed E-state index contributed by atoms with van der Waals surface area (Å²) in [6, 6.07) is 10.9. The van der Waals surface area contributed by atoms with Crippen molar-refractivity contribution in [3.8, 4) is 5.75 Å². The van der Waals surface area contributed by atoms with Crippen molar-refractivity contribution in [2.75, 3.05) is 6.61 Å². The SMILES string of the molecule is CCOc1ccc(C2=C3C=CC(Br)=[N+]3[B-](F)(F)n3c(Br)ccc32)cc1. The van der Waals surface area contributed by atoms with Crippen LogP contribution < -0.4 is 4.74 Å². The third-order valence-corrected chi connectivity index (χ3v) is 5.62. The van der Waals surface area contributed by atoms with Crippen LogP contribution in [-0.4, -0.2) is 27.2 Å². The number of hydrogen-bond acceptors (Lipinski definition) is 1. The predicted molar refractivity (Wildman–Crippen MR) is 102 cm³/mol. The molecular formula is C17H13BBr2F2N2O. The summed E-state index contributed by atoms with van der Waals surface area (Å²) in [6.07, 6.45) is 3.37. The van der Waals surface area contributed by atoms with Crippen molar-refractivity contribution in [2.45, 2.75) is 6.92 Å². The summed E-state index contributed by atoms with van der Waals surface area (Å²) >= 11 is 6.52. The van der Waals surface area contributed by atoms with Gasteiger partial charge in [0, 0.05) is 33.8 Å². The maximum Gasteiger partial charge on any atom is 0.738 e. The van der Waals surface area contributed by atoms with Crippen LogP contribution in [0.1, 0.15) is 18.2 Å². The molecule has 8 heteroatoms. The van der Waals surface area contributed by atoms with E-state index in [-0.39, 0.29) is 0 Å². The van der Waals surface area contributed by atoms with Gasteiger partial charge in [-0.05, 0) is 52.7 Å². The molecule has 0 radical (unpaired) electrons. The fourth-order valence-corrected chi connectivity index (χ4v) is 4.45. The summed E-state index contributed by atoms with van der Waals surface area (Å²) in [5.41, 5.74) is 2.58. The van der Waals surface area contributed by atoms with Crippen LogP contribution in [-0.2, 0) is 0 Å². The van der Waals surface area contributed by atoms with E-state index in [2.05, 4.69) is 31.9 Å². The topological polar surface area (TPSA) is 17.2 Å². The van der Waals surface area contributed by atoms with Crippen LogP contribution in [0.25, 0.3) is 5.57 Å². The second kappa shape index (κ2) is 5.95. The molecule has 0 unspecified atom stereocenters. The van der Waals surface area contributed by atoms with Gasteiger partial charge in [0.2, 0.25) is 4.62 Å². The normalized spacial score (nSPS) is 17.8. The van der Waals surface area contributed by atoms with E-state index in [0.717, 1.165) is 25.9 Å². The Hall–Kier alpha value is -1.67. The van der Waals surface area contributed by atoms with Crippen LogP contribution in [0.4, 0.5) is 8.63 Å². The van der Waals surface area contributed by atoms with Crippen molar-refractivity contribution in [1.82, 2.24) is 4.48 Å². The molecule has 2 aliphatic heterocycles. The molecular weight excluding hydrogens is 457 g/mol. The van der Waals surface area contributed by atoms with Crippen molar-refractivity contribution >= 4 is 49.0 Å². The van der Waals surface area contributed by atoms with Crippen LogP contribution in [0.3, 0.4) is 0 Å². The van der Waals surface area contributed by atoms with E-state index in [0.29, 0.717) is 27.2 Å². The van der Waals surface area contributed by atoms with Crippen LogP contribution in [0, 0.1) is 0 Å². The highest BCUT2D eigenvalue weighted by Crippen LogP contribution is 2.42. The van der Waals surface area contributed by atoms with Gasteiger partial charge >= 0.3 is 6.97 Å². The van der Waals surface area contributed by atoms with Gasteiger partial charge in [0.1, 0.15) is 5.75 Å². The number of allylic oxidation sites excluding steroid dienone is 2. The molecule has 0 fully saturated rings. The molecule has 0 saturated carbocycles. The Morgan fingerprint density at radius 3 is 2.48 bits per heavy atom. The minimum atomic E-state index is -3.98. The smallest absolute Gasteiger partial charge is 0.494 e. The lowest BCUT2D eigenvalue weighted by Crippen LogP contribution is -2.50. The lowest BCUT2D eigenvalue weighted by atomic mass is 9.86. The van der Waals surface area contributed by atoms with Crippen molar-refractivity contribution < 1.29 is 17.9 Å². The first-order chi connectivity index (χ1) is 11.9. The van der Waals surface area contributed by atoms with Gasteiger partial charge in [-0.1, -0.05) is 12.1 Å². The van der Waals surface area contributed by atoms with Crippen LogP contribution in [0.2, 0.25) is 0 Å². The minimum absolute atomic E-state index is 0.349. The summed E-state index contributed by atoms with van der Waals surface area (Å²) in [6.45, 7) is -1.49. The van der Waals surface area contributed by atoms with Crippen molar-refractivity contribution in [1.29, 1.82) is 0 Å². The lowest BCUT2D eigenvalue weighted by molar-refractivity contribution is -0.358. The molecule has 0 atom stereocenters.